The van der Waals surface area contributed by atoms with Gasteiger partial charge < -0.3 is 9.75 Å². The number of ether oxygens (including phenoxy) is 1. The SMILES string of the molecule is CCOC(=O)C/C(=N\N(C)C)C(F)(F)F. The number of hydrogen-bond acceptors (Lipinski definition) is 4. The van der Waals surface area contributed by atoms with E-state index < -0.39 is 24.3 Å². The maximum Gasteiger partial charge on any atom is 0.431 e. The van der Waals surface area contributed by atoms with Gasteiger partial charge in [-0.2, -0.15) is 18.3 Å². The third-order valence-corrected chi connectivity index (χ3v) is 1.27. The number of esters is 1. The van der Waals surface area contributed by atoms with Crippen molar-refractivity contribution in [2.75, 3.05) is 20.7 Å². The first-order valence-corrected chi connectivity index (χ1v) is 4.25. The van der Waals surface area contributed by atoms with Gasteiger partial charge in [-0.25, -0.2) is 0 Å². The molecule has 0 saturated carbocycles. The normalized spacial score (nSPS) is 12.5. The quantitative estimate of drug-likeness (QED) is 0.413. The highest BCUT2D eigenvalue weighted by molar-refractivity contribution is 6.02. The first kappa shape index (κ1) is 13.7. The topological polar surface area (TPSA) is 41.9 Å². The summed E-state index contributed by atoms with van der Waals surface area (Å²) >= 11 is 0. The first-order valence-electron chi connectivity index (χ1n) is 4.25. The molecule has 0 atom stereocenters. The van der Waals surface area contributed by atoms with Crippen LogP contribution in [0.2, 0.25) is 0 Å². The van der Waals surface area contributed by atoms with Crippen molar-refractivity contribution in [3.05, 3.63) is 0 Å². The molecule has 0 saturated heterocycles. The summed E-state index contributed by atoms with van der Waals surface area (Å²) < 4.78 is 41.4. The third kappa shape index (κ3) is 5.92. The van der Waals surface area contributed by atoms with Gasteiger partial charge >= 0.3 is 12.1 Å². The zero-order chi connectivity index (χ0) is 12.1. The summed E-state index contributed by atoms with van der Waals surface area (Å²) in [7, 11) is 2.69. The van der Waals surface area contributed by atoms with Crippen LogP contribution in [0.5, 0.6) is 0 Å². The largest absolute Gasteiger partial charge is 0.466 e. The van der Waals surface area contributed by atoms with Gasteiger partial charge in [0, 0.05) is 14.1 Å². The van der Waals surface area contributed by atoms with Crippen molar-refractivity contribution < 1.29 is 22.7 Å². The van der Waals surface area contributed by atoms with Gasteiger partial charge in [-0.3, -0.25) is 4.79 Å². The Labute approximate surface area is 85.7 Å². The monoisotopic (exact) mass is 226 g/mol. The number of rotatable bonds is 4. The highest BCUT2D eigenvalue weighted by atomic mass is 19.4. The molecule has 0 spiro atoms. The molecule has 7 heteroatoms. The van der Waals surface area contributed by atoms with Crippen molar-refractivity contribution in [3.8, 4) is 0 Å². The van der Waals surface area contributed by atoms with Gasteiger partial charge in [0.2, 0.25) is 0 Å². The molecule has 0 bridgehead atoms. The average Bonchev–Trinajstić information content (AvgIpc) is 2.00. The number of hydrazone groups is 1. The second-order valence-corrected chi connectivity index (χ2v) is 2.87. The number of hydrogen-bond donors (Lipinski definition) is 0. The molecule has 0 aliphatic rings. The van der Waals surface area contributed by atoms with E-state index in [2.05, 4.69) is 9.84 Å². The Morgan fingerprint density at radius 1 is 1.40 bits per heavy atom. The fraction of sp³-hybridized carbons (Fsp3) is 0.750. The standard InChI is InChI=1S/C8H13F3N2O2/c1-4-15-7(14)5-6(8(9,10)11)12-13(2)3/h4-5H2,1-3H3/b12-6+. The number of carbonyl (C=O) groups excluding carboxylic acids is 1. The molecule has 4 nitrogen and oxygen atoms in total. The highest BCUT2D eigenvalue weighted by Gasteiger charge is 2.37. The molecule has 0 N–H and O–H groups in total. The maximum absolute atomic E-state index is 12.3. The summed E-state index contributed by atoms with van der Waals surface area (Å²) in [6, 6.07) is 0. The van der Waals surface area contributed by atoms with Crippen LogP contribution < -0.4 is 0 Å². The van der Waals surface area contributed by atoms with Gasteiger partial charge in [-0.1, -0.05) is 0 Å². The van der Waals surface area contributed by atoms with Crippen LogP contribution in [-0.4, -0.2) is 43.6 Å². The Morgan fingerprint density at radius 2 is 1.93 bits per heavy atom. The second-order valence-electron chi connectivity index (χ2n) is 2.87. The lowest BCUT2D eigenvalue weighted by Crippen LogP contribution is -2.28. The van der Waals surface area contributed by atoms with E-state index in [-0.39, 0.29) is 6.61 Å². The molecule has 0 heterocycles. The van der Waals surface area contributed by atoms with Crippen molar-refractivity contribution in [1.82, 2.24) is 5.01 Å². The van der Waals surface area contributed by atoms with Crippen molar-refractivity contribution in [2.24, 2.45) is 5.10 Å². The lowest BCUT2D eigenvalue weighted by atomic mass is 10.2. The van der Waals surface area contributed by atoms with Crippen molar-refractivity contribution >= 4 is 11.7 Å². The molecule has 0 aliphatic heterocycles. The molecule has 0 aromatic heterocycles. The van der Waals surface area contributed by atoms with Crippen molar-refractivity contribution in [1.29, 1.82) is 0 Å². The minimum atomic E-state index is -4.61. The van der Waals surface area contributed by atoms with Crippen LogP contribution >= 0.6 is 0 Å². The van der Waals surface area contributed by atoms with Crippen LogP contribution in [0, 0.1) is 0 Å². The highest BCUT2D eigenvalue weighted by Crippen LogP contribution is 2.20. The summed E-state index contributed by atoms with van der Waals surface area (Å²) in [5.41, 5.74) is -1.16. The molecule has 0 aliphatic carbocycles. The molecule has 0 amide bonds. The van der Waals surface area contributed by atoms with Crippen LogP contribution in [0.4, 0.5) is 13.2 Å². The Bertz CT molecular complexity index is 249. The predicted molar refractivity (Wildman–Crippen MR) is 48.4 cm³/mol. The number of halogens is 3. The van der Waals surface area contributed by atoms with Gasteiger partial charge in [0.25, 0.3) is 0 Å². The van der Waals surface area contributed by atoms with Gasteiger partial charge in [0.05, 0.1) is 13.0 Å². The van der Waals surface area contributed by atoms with E-state index in [1.54, 1.807) is 0 Å². The number of carbonyl (C=O) groups is 1. The molecular weight excluding hydrogens is 213 g/mol. The van der Waals surface area contributed by atoms with Crippen LogP contribution in [0.25, 0.3) is 0 Å². The minimum Gasteiger partial charge on any atom is -0.466 e. The fourth-order valence-corrected chi connectivity index (χ4v) is 0.782. The Hall–Kier alpha value is -1.27. The Balaban J connectivity index is 4.61. The van der Waals surface area contributed by atoms with Crippen LogP contribution in [0.15, 0.2) is 5.10 Å². The molecule has 15 heavy (non-hydrogen) atoms. The molecule has 0 fully saturated rings. The molecule has 0 unspecified atom stereocenters. The average molecular weight is 226 g/mol. The van der Waals surface area contributed by atoms with Gasteiger partial charge in [-0.15, -0.1) is 0 Å². The summed E-state index contributed by atoms with van der Waals surface area (Å²) in [5, 5.41) is 4.18. The zero-order valence-electron chi connectivity index (χ0n) is 8.76. The van der Waals surface area contributed by atoms with Gasteiger partial charge in [-0.05, 0) is 6.92 Å². The summed E-state index contributed by atoms with van der Waals surface area (Å²) in [6.07, 6.45) is -5.48. The smallest absolute Gasteiger partial charge is 0.431 e. The molecule has 0 rings (SSSR count). The Kier molecular flexibility index (Phi) is 5.10. The molecule has 0 aromatic rings. The Morgan fingerprint density at radius 3 is 2.27 bits per heavy atom. The van der Waals surface area contributed by atoms with Crippen LogP contribution in [-0.2, 0) is 9.53 Å². The zero-order valence-corrected chi connectivity index (χ0v) is 8.76. The van der Waals surface area contributed by atoms with E-state index in [0.717, 1.165) is 5.01 Å². The molecular formula is C8H13F3N2O2. The van der Waals surface area contributed by atoms with E-state index in [1.807, 2.05) is 0 Å². The fourth-order valence-electron chi connectivity index (χ4n) is 0.782. The first-order chi connectivity index (χ1) is 6.77. The number of nitrogens with zero attached hydrogens (tertiary/aromatic N) is 2. The van der Waals surface area contributed by atoms with E-state index in [9.17, 15) is 18.0 Å². The van der Waals surface area contributed by atoms with Crippen molar-refractivity contribution in [3.63, 3.8) is 0 Å². The third-order valence-electron chi connectivity index (χ3n) is 1.27. The van der Waals surface area contributed by atoms with E-state index in [1.165, 1.54) is 21.0 Å². The van der Waals surface area contributed by atoms with E-state index in [4.69, 9.17) is 0 Å². The second kappa shape index (κ2) is 5.57. The molecule has 88 valence electrons. The maximum atomic E-state index is 12.3. The lowest BCUT2D eigenvalue weighted by molar-refractivity contribution is -0.142. The van der Waals surface area contributed by atoms with Gasteiger partial charge in [0.15, 0.2) is 5.71 Å². The molecule has 0 radical (unpaired) electrons. The predicted octanol–water partition coefficient (Wildman–Crippen LogP) is 1.42. The molecule has 0 aromatic carbocycles. The van der Waals surface area contributed by atoms with E-state index >= 15 is 0 Å². The summed E-state index contributed by atoms with van der Waals surface area (Å²) in [5.74, 6) is -0.935. The van der Waals surface area contributed by atoms with Gasteiger partial charge in [0.1, 0.15) is 0 Å². The summed E-state index contributed by atoms with van der Waals surface area (Å²) in [6.45, 7) is 1.57. The van der Waals surface area contributed by atoms with E-state index in [0.29, 0.717) is 0 Å². The minimum absolute atomic E-state index is 0.0476. The summed E-state index contributed by atoms with van der Waals surface area (Å²) in [4.78, 5) is 10.9. The number of alkyl halides is 3. The lowest BCUT2D eigenvalue weighted by Gasteiger charge is -2.13. The van der Waals surface area contributed by atoms with Crippen LogP contribution in [0.3, 0.4) is 0 Å². The van der Waals surface area contributed by atoms with Crippen molar-refractivity contribution in [2.45, 2.75) is 19.5 Å². The van der Waals surface area contributed by atoms with Crippen LogP contribution in [0.1, 0.15) is 13.3 Å².